The van der Waals surface area contributed by atoms with Gasteiger partial charge in [-0.05, 0) is 20.3 Å². The van der Waals surface area contributed by atoms with Crippen LogP contribution in [0.1, 0.15) is 27.2 Å². The number of nitrogens with zero attached hydrogens (tertiary/aromatic N) is 1. The molecule has 12 heavy (non-hydrogen) atoms. The summed E-state index contributed by atoms with van der Waals surface area (Å²) in [7, 11) is 0. The molecule has 4 N–H and O–H groups in total. The normalized spacial score (nSPS) is 17.2. The fraction of sp³-hybridized carbons (Fsp3) is 0.875. The van der Waals surface area contributed by atoms with Crippen molar-refractivity contribution in [1.82, 2.24) is 5.32 Å². The molecule has 0 aromatic heterocycles. The predicted octanol–water partition coefficient (Wildman–Crippen LogP) is 0.0716. The van der Waals surface area contributed by atoms with Gasteiger partial charge in [0.1, 0.15) is 0 Å². The van der Waals surface area contributed by atoms with Gasteiger partial charge in [-0.15, -0.1) is 0 Å². The van der Waals surface area contributed by atoms with Crippen LogP contribution in [0, 0.1) is 0 Å². The third-order valence-electron chi connectivity index (χ3n) is 1.71. The molecule has 0 amide bonds. The number of hydrogen-bond acceptors (Lipinski definition) is 2. The summed E-state index contributed by atoms with van der Waals surface area (Å²) in [6.07, 6.45) is 0.676. The Bertz CT molecular complexity index is 154. The molecule has 4 heteroatoms. The van der Waals surface area contributed by atoms with Gasteiger partial charge in [0.25, 0.3) is 0 Å². The Hall–Kier alpha value is -0.770. The van der Waals surface area contributed by atoms with E-state index in [4.69, 9.17) is 5.73 Å². The first-order valence-electron chi connectivity index (χ1n) is 4.28. The molecule has 0 saturated heterocycles. The zero-order chi connectivity index (χ0) is 9.61. The molecule has 0 aromatic rings. The van der Waals surface area contributed by atoms with Gasteiger partial charge in [0.15, 0.2) is 5.96 Å². The van der Waals surface area contributed by atoms with Crippen LogP contribution in [-0.4, -0.2) is 29.8 Å². The van der Waals surface area contributed by atoms with Crippen LogP contribution in [-0.2, 0) is 0 Å². The molecule has 0 bridgehead atoms. The fourth-order valence-electron chi connectivity index (χ4n) is 0.604. The molecule has 0 radical (unpaired) electrons. The summed E-state index contributed by atoms with van der Waals surface area (Å²) < 4.78 is 0. The van der Waals surface area contributed by atoms with Gasteiger partial charge in [0.05, 0.1) is 12.1 Å². The topological polar surface area (TPSA) is 70.6 Å². The van der Waals surface area contributed by atoms with E-state index in [1.165, 1.54) is 0 Å². The van der Waals surface area contributed by atoms with E-state index in [1.54, 1.807) is 6.92 Å². The second kappa shape index (κ2) is 4.98. The van der Waals surface area contributed by atoms with Crippen LogP contribution in [0.25, 0.3) is 0 Å². The van der Waals surface area contributed by atoms with Crippen LogP contribution in [0.3, 0.4) is 0 Å². The van der Waals surface area contributed by atoms with Crippen molar-refractivity contribution in [3.05, 3.63) is 0 Å². The maximum absolute atomic E-state index is 9.55. The Morgan fingerprint density at radius 2 is 2.17 bits per heavy atom. The Kier molecular flexibility index (Phi) is 4.66. The minimum Gasteiger partial charge on any atom is -0.388 e. The van der Waals surface area contributed by atoms with E-state index in [0.717, 1.165) is 6.54 Å². The summed E-state index contributed by atoms with van der Waals surface area (Å²) in [4.78, 5) is 3.99. The van der Waals surface area contributed by atoms with E-state index in [9.17, 15) is 5.11 Å². The monoisotopic (exact) mass is 173 g/mol. The van der Waals surface area contributed by atoms with Gasteiger partial charge < -0.3 is 16.2 Å². The van der Waals surface area contributed by atoms with Crippen molar-refractivity contribution < 1.29 is 5.11 Å². The zero-order valence-corrected chi connectivity index (χ0v) is 8.09. The first-order chi connectivity index (χ1) is 5.52. The number of guanidine groups is 1. The van der Waals surface area contributed by atoms with Gasteiger partial charge >= 0.3 is 0 Å². The highest BCUT2D eigenvalue weighted by molar-refractivity contribution is 5.77. The molecule has 72 valence electrons. The maximum atomic E-state index is 9.55. The van der Waals surface area contributed by atoms with Gasteiger partial charge in [0, 0.05) is 6.54 Å². The summed E-state index contributed by atoms with van der Waals surface area (Å²) in [6.45, 7) is 6.71. The number of aliphatic imine (C=N–C) groups is 1. The highest BCUT2D eigenvalue weighted by Gasteiger charge is 2.16. The molecule has 1 atom stereocenters. The second-order valence-electron chi connectivity index (χ2n) is 3.08. The summed E-state index contributed by atoms with van der Waals surface area (Å²) >= 11 is 0. The number of nitrogens with two attached hydrogens (primary N) is 1. The van der Waals surface area contributed by atoms with Gasteiger partial charge in [-0.1, -0.05) is 6.92 Å². The molecular formula is C8H19N3O. The molecule has 0 aliphatic heterocycles. The Balaban J connectivity index is 3.86. The molecule has 0 aromatic carbocycles. The fourth-order valence-corrected chi connectivity index (χ4v) is 0.604. The average molecular weight is 173 g/mol. The number of nitrogens with one attached hydrogen (secondary N) is 1. The SMILES string of the molecule is CCNC(N)=NCC(C)(O)CC. The third-order valence-corrected chi connectivity index (χ3v) is 1.71. The van der Waals surface area contributed by atoms with Gasteiger partial charge in [-0.25, -0.2) is 0 Å². The van der Waals surface area contributed by atoms with Crippen molar-refractivity contribution in [2.75, 3.05) is 13.1 Å². The Morgan fingerprint density at radius 1 is 1.58 bits per heavy atom. The quantitative estimate of drug-likeness (QED) is 0.416. The molecule has 1 unspecified atom stereocenters. The van der Waals surface area contributed by atoms with Gasteiger partial charge in [-0.3, -0.25) is 4.99 Å². The smallest absolute Gasteiger partial charge is 0.188 e. The molecule has 0 spiro atoms. The van der Waals surface area contributed by atoms with E-state index in [1.807, 2.05) is 13.8 Å². The van der Waals surface area contributed by atoms with Crippen molar-refractivity contribution >= 4 is 5.96 Å². The number of rotatable bonds is 4. The van der Waals surface area contributed by atoms with Crippen molar-refractivity contribution in [3.8, 4) is 0 Å². The predicted molar refractivity (Wildman–Crippen MR) is 51.1 cm³/mol. The summed E-state index contributed by atoms with van der Waals surface area (Å²) in [6, 6.07) is 0. The van der Waals surface area contributed by atoms with Gasteiger partial charge in [0.2, 0.25) is 0 Å². The first-order valence-corrected chi connectivity index (χ1v) is 4.28. The van der Waals surface area contributed by atoms with E-state index < -0.39 is 5.60 Å². The van der Waals surface area contributed by atoms with Crippen LogP contribution in [0.5, 0.6) is 0 Å². The van der Waals surface area contributed by atoms with E-state index in [-0.39, 0.29) is 0 Å². The Labute approximate surface area is 73.9 Å². The first kappa shape index (κ1) is 11.2. The molecule has 0 aliphatic rings. The standard InChI is InChI=1S/C8H19N3O/c1-4-8(3,12)6-11-7(9)10-5-2/h12H,4-6H2,1-3H3,(H3,9,10,11). The molecule has 0 saturated carbocycles. The van der Waals surface area contributed by atoms with Crippen molar-refractivity contribution in [2.45, 2.75) is 32.8 Å². The summed E-state index contributed by atoms with van der Waals surface area (Å²) in [5.41, 5.74) is 4.74. The van der Waals surface area contributed by atoms with Crippen LogP contribution in [0.2, 0.25) is 0 Å². The highest BCUT2D eigenvalue weighted by Crippen LogP contribution is 2.07. The molecule has 0 heterocycles. The van der Waals surface area contributed by atoms with Crippen LogP contribution in [0.4, 0.5) is 0 Å². The second-order valence-corrected chi connectivity index (χ2v) is 3.08. The Morgan fingerprint density at radius 3 is 2.58 bits per heavy atom. The number of hydrogen-bond donors (Lipinski definition) is 3. The number of aliphatic hydroxyl groups is 1. The van der Waals surface area contributed by atoms with Gasteiger partial charge in [-0.2, -0.15) is 0 Å². The zero-order valence-electron chi connectivity index (χ0n) is 8.09. The lowest BCUT2D eigenvalue weighted by atomic mass is 10.1. The van der Waals surface area contributed by atoms with E-state index in [0.29, 0.717) is 18.9 Å². The molecule has 0 aliphatic carbocycles. The van der Waals surface area contributed by atoms with Crippen LogP contribution in [0.15, 0.2) is 4.99 Å². The lowest BCUT2D eigenvalue weighted by molar-refractivity contribution is 0.0657. The minimum atomic E-state index is -0.736. The maximum Gasteiger partial charge on any atom is 0.188 e. The lowest BCUT2D eigenvalue weighted by Crippen LogP contribution is -2.34. The van der Waals surface area contributed by atoms with Crippen molar-refractivity contribution in [3.63, 3.8) is 0 Å². The van der Waals surface area contributed by atoms with E-state index in [2.05, 4.69) is 10.3 Å². The van der Waals surface area contributed by atoms with Crippen molar-refractivity contribution in [1.29, 1.82) is 0 Å². The van der Waals surface area contributed by atoms with Crippen LogP contribution < -0.4 is 11.1 Å². The third kappa shape index (κ3) is 4.96. The van der Waals surface area contributed by atoms with E-state index >= 15 is 0 Å². The minimum absolute atomic E-state index is 0.350. The average Bonchev–Trinajstić information content (AvgIpc) is 2.02. The molecular weight excluding hydrogens is 154 g/mol. The summed E-state index contributed by atoms with van der Waals surface area (Å²) in [5.74, 6) is 0.395. The summed E-state index contributed by atoms with van der Waals surface area (Å²) in [5, 5.41) is 12.4. The highest BCUT2D eigenvalue weighted by atomic mass is 16.3. The molecule has 0 fully saturated rings. The molecule has 4 nitrogen and oxygen atoms in total. The van der Waals surface area contributed by atoms with Crippen LogP contribution >= 0.6 is 0 Å². The lowest BCUT2D eigenvalue weighted by Gasteiger charge is -2.18. The largest absolute Gasteiger partial charge is 0.388 e. The van der Waals surface area contributed by atoms with Crippen molar-refractivity contribution in [2.24, 2.45) is 10.7 Å². The molecule has 0 rings (SSSR count).